The van der Waals surface area contributed by atoms with Crippen molar-refractivity contribution in [2.24, 2.45) is 0 Å². The second kappa shape index (κ2) is 7.70. The summed E-state index contributed by atoms with van der Waals surface area (Å²) in [6.07, 6.45) is 1.96. The Kier molecular flexibility index (Phi) is 5.38. The van der Waals surface area contributed by atoms with E-state index in [2.05, 4.69) is 5.32 Å². The molecule has 0 aromatic heterocycles. The molecule has 0 radical (unpaired) electrons. The molecule has 1 heterocycles. The molecule has 2 aromatic rings. The minimum Gasteiger partial charge on any atom is -0.323 e. The van der Waals surface area contributed by atoms with Gasteiger partial charge in [-0.3, -0.25) is 19.3 Å². The molecule has 5 nitrogen and oxygen atoms in total. The van der Waals surface area contributed by atoms with Gasteiger partial charge in [-0.1, -0.05) is 55.6 Å². The number of halogens is 1. The molecule has 1 atom stereocenters. The predicted octanol–water partition coefficient (Wildman–Crippen LogP) is 4.13. The van der Waals surface area contributed by atoms with Gasteiger partial charge >= 0.3 is 0 Å². The molecule has 0 saturated heterocycles. The Bertz CT molecular complexity index is 831. The number of para-hydroxylation sites is 1. The van der Waals surface area contributed by atoms with Gasteiger partial charge in [0.15, 0.2) is 0 Å². The van der Waals surface area contributed by atoms with Gasteiger partial charge in [0.05, 0.1) is 21.8 Å². The lowest BCUT2D eigenvalue weighted by Gasteiger charge is -2.25. The van der Waals surface area contributed by atoms with Crippen molar-refractivity contribution in [2.75, 3.05) is 5.32 Å². The summed E-state index contributed by atoms with van der Waals surface area (Å²) in [6.45, 7) is 1.99. The number of imide groups is 1. The third-order valence-corrected chi connectivity index (χ3v) is 4.73. The van der Waals surface area contributed by atoms with E-state index in [1.807, 2.05) is 6.92 Å². The van der Waals surface area contributed by atoms with E-state index in [1.54, 1.807) is 48.5 Å². The van der Waals surface area contributed by atoms with Crippen LogP contribution in [-0.4, -0.2) is 28.7 Å². The molecule has 0 fully saturated rings. The molecule has 1 aliphatic heterocycles. The molecule has 0 saturated carbocycles. The number of benzene rings is 2. The Morgan fingerprint density at radius 1 is 1.04 bits per heavy atom. The van der Waals surface area contributed by atoms with Crippen LogP contribution in [0.1, 0.15) is 46.9 Å². The summed E-state index contributed by atoms with van der Waals surface area (Å²) >= 11 is 6.11. The van der Waals surface area contributed by atoms with E-state index in [4.69, 9.17) is 11.6 Å². The maximum absolute atomic E-state index is 12.9. The smallest absolute Gasteiger partial charge is 0.262 e. The van der Waals surface area contributed by atoms with Crippen LogP contribution in [0.5, 0.6) is 0 Å². The monoisotopic (exact) mass is 370 g/mol. The summed E-state index contributed by atoms with van der Waals surface area (Å²) in [7, 11) is 0. The van der Waals surface area contributed by atoms with Crippen molar-refractivity contribution < 1.29 is 14.4 Å². The topological polar surface area (TPSA) is 66.5 Å². The highest BCUT2D eigenvalue weighted by Crippen LogP contribution is 2.28. The van der Waals surface area contributed by atoms with Gasteiger partial charge in [-0.2, -0.15) is 0 Å². The fraction of sp³-hybridized carbons (Fsp3) is 0.250. The van der Waals surface area contributed by atoms with Gasteiger partial charge < -0.3 is 5.32 Å². The van der Waals surface area contributed by atoms with Crippen molar-refractivity contribution >= 4 is 35.0 Å². The first kappa shape index (κ1) is 18.1. The SMILES string of the molecule is CCCCC(C(=O)Nc1ccccc1Cl)N1C(=O)c2ccccc2C1=O. The zero-order valence-corrected chi connectivity index (χ0v) is 15.1. The third kappa shape index (κ3) is 3.35. The number of rotatable bonds is 6. The van der Waals surface area contributed by atoms with Crippen molar-refractivity contribution in [1.29, 1.82) is 0 Å². The van der Waals surface area contributed by atoms with Crippen LogP contribution < -0.4 is 5.32 Å². The average Bonchev–Trinajstić information content (AvgIpc) is 2.89. The van der Waals surface area contributed by atoms with E-state index < -0.39 is 23.8 Å². The van der Waals surface area contributed by atoms with Crippen LogP contribution in [0.3, 0.4) is 0 Å². The maximum atomic E-state index is 12.9. The van der Waals surface area contributed by atoms with Crippen molar-refractivity contribution in [2.45, 2.75) is 32.2 Å². The largest absolute Gasteiger partial charge is 0.323 e. The molecule has 0 spiro atoms. The third-order valence-electron chi connectivity index (χ3n) is 4.40. The summed E-state index contributed by atoms with van der Waals surface area (Å²) in [5.74, 6) is -1.27. The second-order valence-corrected chi connectivity index (χ2v) is 6.56. The number of carbonyl (C=O) groups excluding carboxylic acids is 3. The molecular weight excluding hydrogens is 352 g/mol. The summed E-state index contributed by atoms with van der Waals surface area (Å²) < 4.78 is 0. The van der Waals surface area contributed by atoms with Crippen LogP contribution in [0.25, 0.3) is 0 Å². The van der Waals surface area contributed by atoms with E-state index >= 15 is 0 Å². The number of fused-ring (bicyclic) bond motifs is 1. The van der Waals surface area contributed by atoms with Gasteiger partial charge in [0, 0.05) is 0 Å². The lowest BCUT2D eigenvalue weighted by Crippen LogP contribution is -2.47. The summed E-state index contributed by atoms with van der Waals surface area (Å²) in [5.41, 5.74) is 1.13. The zero-order chi connectivity index (χ0) is 18.7. The number of anilines is 1. The number of unbranched alkanes of at least 4 members (excludes halogenated alkanes) is 1. The summed E-state index contributed by atoms with van der Waals surface area (Å²) in [5, 5.41) is 3.15. The molecule has 1 aliphatic rings. The van der Waals surface area contributed by atoms with Gasteiger partial charge in [0.25, 0.3) is 11.8 Å². The van der Waals surface area contributed by atoms with Crippen molar-refractivity contribution in [3.63, 3.8) is 0 Å². The van der Waals surface area contributed by atoms with Crippen LogP contribution in [0.15, 0.2) is 48.5 Å². The Labute approximate surface area is 156 Å². The number of amides is 3. The van der Waals surface area contributed by atoms with Gasteiger partial charge in [-0.25, -0.2) is 0 Å². The van der Waals surface area contributed by atoms with Gasteiger partial charge in [0.1, 0.15) is 6.04 Å². The number of nitrogens with zero attached hydrogens (tertiary/aromatic N) is 1. The van der Waals surface area contributed by atoms with Gasteiger partial charge in [-0.15, -0.1) is 0 Å². The van der Waals surface area contributed by atoms with E-state index in [9.17, 15) is 14.4 Å². The Morgan fingerprint density at radius 3 is 2.19 bits per heavy atom. The van der Waals surface area contributed by atoms with Crippen molar-refractivity contribution in [3.8, 4) is 0 Å². The first-order chi connectivity index (χ1) is 12.5. The van der Waals surface area contributed by atoms with Crippen LogP contribution >= 0.6 is 11.6 Å². The van der Waals surface area contributed by atoms with Crippen molar-refractivity contribution in [3.05, 3.63) is 64.7 Å². The molecule has 3 amide bonds. The van der Waals surface area contributed by atoms with E-state index in [-0.39, 0.29) is 0 Å². The molecule has 0 aliphatic carbocycles. The molecule has 2 aromatic carbocycles. The van der Waals surface area contributed by atoms with Crippen LogP contribution in [0, 0.1) is 0 Å². The fourth-order valence-corrected chi connectivity index (χ4v) is 3.23. The summed E-state index contributed by atoms with van der Waals surface area (Å²) in [4.78, 5) is 39.4. The number of nitrogens with one attached hydrogen (secondary N) is 1. The first-order valence-electron chi connectivity index (χ1n) is 8.57. The minimum atomic E-state index is -0.876. The average molecular weight is 371 g/mol. The fourth-order valence-electron chi connectivity index (χ4n) is 3.04. The van der Waals surface area contributed by atoms with Crippen LogP contribution in [0.4, 0.5) is 5.69 Å². The van der Waals surface area contributed by atoms with E-state index in [0.29, 0.717) is 34.7 Å². The van der Waals surface area contributed by atoms with Crippen LogP contribution in [-0.2, 0) is 4.79 Å². The molecule has 1 unspecified atom stereocenters. The second-order valence-electron chi connectivity index (χ2n) is 6.15. The quantitative estimate of drug-likeness (QED) is 0.777. The highest BCUT2D eigenvalue weighted by Gasteiger charge is 2.42. The summed E-state index contributed by atoms with van der Waals surface area (Å²) in [6, 6.07) is 12.6. The lowest BCUT2D eigenvalue weighted by molar-refractivity contribution is -0.120. The number of hydrogen-bond acceptors (Lipinski definition) is 3. The van der Waals surface area contributed by atoms with Gasteiger partial charge in [0.2, 0.25) is 5.91 Å². The molecule has 3 rings (SSSR count). The Morgan fingerprint density at radius 2 is 1.62 bits per heavy atom. The van der Waals surface area contributed by atoms with Crippen molar-refractivity contribution in [1.82, 2.24) is 4.90 Å². The first-order valence-corrected chi connectivity index (χ1v) is 8.94. The molecule has 26 heavy (non-hydrogen) atoms. The van der Waals surface area contributed by atoms with Crippen LogP contribution in [0.2, 0.25) is 5.02 Å². The standard InChI is InChI=1S/C20H19ClN2O3/c1-2-3-12-17(18(24)22-16-11-7-6-10-15(16)21)23-19(25)13-8-4-5-9-14(13)20(23)26/h4-11,17H,2-3,12H2,1H3,(H,22,24). The maximum Gasteiger partial charge on any atom is 0.262 e. The molecular formula is C20H19ClN2O3. The molecule has 0 bridgehead atoms. The normalized spacial score (nSPS) is 14.3. The highest BCUT2D eigenvalue weighted by molar-refractivity contribution is 6.33. The minimum absolute atomic E-state index is 0.338. The Balaban J connectivity index is 1.89. The number of carbonyl (C=O) groups is 3. The van der Waals surface area contributed by atoms with E-state index in [0.717, 1.165) is 11.3 Å². The molecule has 134 valence electrons. The zero-order valence-electron chi connectivity index (χ0n) is 14.4. The van der Waals surface area contributed by atoms with E-state index in [1.165, 1.54) is 0 Å². The predicted molar refractivity (Wildman–Crippen MR) is 100 cm³/mol. The molecule has 6 heteroatoms. The molecule has 1 N–H and O–H groups in total. The number of hydrogen-bond donors (Lipinski definition) is 1. The Hall–Kier alpha value is -2.66. The van der Waals surface area contributed by atoms with Gasteiger partial charge in [-0.05, 0) is 30.7 Å². The highest BCUT2D eigenvalue weighted by atomic mass is 35.5. The lowest BCUT2D eigenvalue weighted by atomic mass is 10.1.